The molecule has 4 aromatic rings. The summed E-state index contributed by atoms with van der Waals surface area (Å²) in [6, 6.07) is 20.6. The standard InChI is InChI=1S/C13H12NO3.C13H10NO3.CH4.2Y.H2/c2*1-8-10(12(15)13(16)17-2)7-9-5-3-4-6-11(9)14-8;;;;/h3-6,12,15H,1-2H3;3-6H,1-2H3;1H4;;;1H/q2*-1;;;;/t12-;;;;;/m0...../s1/i;;;;;1+1. The Morgan fingerprint density at radius 1 is 0.838 bits per heavy atom. The number of rotatable bonds is 4. The summed E-state index contributed by atoms with van der Waals surface area (Å²) in [5.41, 5.74) is 3.09. The summed E-state index contributed by atoms with van der Waals surface area (Å²) in [6.07, 6.45) is -1.34. The number of ketones is 1. The Morgan fingerprint density at radius 3 is 1.84 bits per heavy atom. The molecule has 2 radical (unpaired) electrons. The quantitative estimate of drug-likeness (QED) is 0.151. The molecule has 4 rings (SSSR count). The van der Waals surface area contributed by atoms with Crippen molar-refractivity contribution >= 4 is 39.5 Å². The average molecular weight is 655 g/mol. The number of nitrogens with zero attached hydrogens (tertiary/aromatic N) is 2. The van der Waals surface area contributed by atoms with E-state index in [0.29, 0.717) is 22.3 Å². The summed E-state index contributed by atoms with van der Waals surface area (Å²) in [6.45, 7) is 3.39. The summed E-state index contributed by atoms with van der Waals surface area (Å²) >= 11 is 0. The number of aliphatic hydroxyl groups excluding tert-OH is 1. The van der Waals surface area contributed by atoms with Crippen molar-refractivity contribution in [2.75, 3.05) is 14.2 Å². The van der Waals surface area contributed by atoms with Crippen LogP contribution >= 0.6 is 0 Å². The molecule has 2 heterocycles. The van der Waals surface area contributed by atoms with Gasteiger partial charge in [-0.15, -0.1) is 35.7 Å². The van der Waals surface area contributed by atoms with E-state index in [1.807, 2.05) is 42.5 Å². The summed E-state index contributed by atoms with van der Waals surface area (Å²) in [7, 11) is 2.40. The summed E-state index contributed by atoms with van der Waals surface area (Å²) in [4.78, 5) is 42.7. The number of aryl methyl sites for hydroxylation is 2. The Kier molecular flexibility index (Phi) is 15.2. The smallest absolute Gasteiger partial charge is 0.344 e. The Bertz CT molecular complexity index is 1400. The number of hydrogen-bond acceptors (Lipinski definition) is 8. The number of Topliss-reactive ketones (excluding diaryl/α,β-unsaturated/α-hetero) is 1. The number of fused-ring (bicyclic) bond motifs is 2. The number of carbonyl (C=O) groups excluding carboxylic acids is 3. The van der Waals surface area contributed by atoms with Crippen molar-refractivity contribution in [3.05, 3.63) is 83.2 Å². The number of benzene rings is 2. The van der Waals surface area contributed by atoms with Gasteiger partial charge in [0.15, 0.2) is 6.10 Å². The number of para-hydroxylation sites is 2. The minimum atomic E-state index is -1.34. The van der Waals surface area contributed by atoms with Gasteiger partial charge < -0.3 is 29.3 Å². The van der Waals surface area contributed by atoms with E-state index in [4.69, 9.17) is 0 Å². The molecule has 2 aromatic carbocycles. The SMILES string of the molecule is C.COC(=O)C(=O)c1[c-]c2ccccc2nc1C.COC(=O)[C@@H](O)c1[c-]c2ccccc2nc1C.[2HH].[Y].[Y]. The number of methoxy groups -OCH3 is 2. The minimum absolute atomic E-state index is 0. The number of carbonyl (C=O) groups is 3. The molecule has 0 fully saturated rings. The average Bonchev–Trinajstić information content (AvgIpc) is 2.86. The van der Waals surface area contributed by atoms with Crippen molar-refractivity contribution in [3.8, 4) is 0 Å². The Morgan fingerprint density at radius 2 is 1.32 bits per heavy atom. The van der Waals surface area contributed by atoms with Crippen LogP contribution in [0.4, 0.5) is 0 Å². The molecule has 2 aromatic heterocycles. The van der Waals surface area contributed by atoms with Gasteiger partial charge in [0, 0.05) is 66.8 Å². The third kappa shape index (κ3) is 8.52. The van der Waals surface area contributed by atoms with Gasteiger partial charge in [-0.25, -0.2) is 4.79 Å². The van der Waals surface area contributed by atoms with E-state index in [9.17, 15) is 19.5 Å². The fraction of sp³-hybridized carbons (Fsp3) is 0.222. The van der Waals surface area contributed by atoms with Gasteiger partial charge in [-0.1, -0.05) is 62.6 Å². The molecule has 0 aliphatic carbocycles. The Labute approximate surface area is 267 Å². The van der Waals surface area contributed by atoms with Crippen LogP contribution in [0.3, 0.4) is 0 Å². The van der Waals surface area contributed by atoms with E-state index in [-0.39, 0.29) is 79.8 Å². The maximum atomic E-state index is 11.7. The first kappa shape index (κ1) is 35.0. The zero-order valence-corrected chi connectivity index (χ0v) is 25.9. The van der Waals surface area contributed by atoms with E-state index in [1.165, 1.54) is 14.2 Å². The molecule has 0 amide bonds. The van der Waals surface area contributed by atoms with E-state index >= 15 is 0 Å². The zero-order valence-electron chi connectivity index (χ0n) is 20.2. The Balaban J connectivity index is 0. The summed E-state index contributed by atoms with van der Waals surface area (Å²) in [5.74, 6) is -2.33. The van der Waals surface area contributed by atoms with Crippen molar-refractivity contribution in [3.63, 3.8) is 0 Å². The van der Waals surface area contributed by atoms with Crippen molar-refractivity contribution in [1.82, 2.24) is 9.97 Å². The molecule has 10 heteroatoms. The molecule has 0 aliphatic heterocycles. The molecule has 1 N–H and O–H groups in total. The molecule has 0 bridgehead atoms. The molecule has 0 spiro atoms. The van der Waals surface area contributed by atoms with Gasteiger partial charge in [0.1, 0.15) is 0 Å². The van der Waals surface area contributed by atoms with E-state index in [1.54, 1.807) is 19.9 Å². The van der Waals surface area contributed by atoms with Crippen molar-refractivity contribution in [2.45, 2.75) is 27.4 Å². The van der Waals surface area contributed by atoms with Gasteiger partial charge in [0.05, 0.1) is 14.2 Å². The van der Waals surface area contributed by atoms with Crippen LogP contribution in [-0.2, 0) is 84.5 Å². The molecule has 0 aliphatic rings. The fourth-order valence-electron chi connectivity index (χ4n) is 3.20. The van der Waals surface area contributed by atoms with Gasteiger partial charge in [-0.2, -0.15) is 0 Å². The topological polar surface area (TPSA) is 116 Å². The first-order valence-electron chi connectivity index (χ1n) is 10.2. The van der Waals surface area contributed by atoms with Crippen LogP contribution in [0.1, 0.15) is 42.3 Å². The maximum absolute atomic E-state index is 11.7. The summed E-state index contributed by atoms with van der Waals surface area (Å²) in [5, 5.41) is 11.2. The number of hydrogen-bond donors (Lipinski definition) is 1. The monoisotopic (exact) mass is 655 g/mol. The van der Waals surface area contributed by atoms with Crippen LogP contribution in [0.15, 0.2) is 48.5 Å². The van der Waals surface area contributed by atoms with Crippen LogP contribution < -0.4 is 0 Å². The molecular formula is C27H28N2O6Y2-2. The van der Waals surface area contributed by atoms with Gasteiger partial charge in [0.2, 0.25) is 5.78 Å². The Hall–Kier alpha value is -1.96. The molecule has 0 unspecified atom stereocenters. The van der Waals surface area contributed by atoms with Crippen LogP contribution in [0, 0.1) is 26.0 Å². The third-order valence-corrected chi connectivity index (χ3v) is 4.96. The minimum Gasteiger partial charge on any atom is -0.469 e. The molecule has 8 nitrogen and oxygen atoms in total. The fourth-order valence-corrected chi connectivity index (χ4v) is 3.20. The van der Waals surface area contributed by atoms with Crippen LogP contribution in [0.25, 0.3) is 21.8 Å². The number of aliphatic hydroxyl groups is 1. The number of ether oxygens (including phenoxy) is 2. The second kappa shape index (κ2) is 16.1. The van der Waals surface area contributed by atoms with E-state index < -0.39 is 23.8 Å². The van der Waals surface area contributed by atoms with Gasteiger partial charge in [-0.3, -0.25) is 4.79 Å². The van der Waals surface area contributed by atoms with Gasteiger partial charge in [-0.05, 0) is 28.0 Å². The zero-order chi connectivity index (χ0) is 24.8. The van der Waals surface area contributed by atoms with Crippen LogP contribution in [0.2, 0.25) is 0 Å². The van der Waals surface area contributed by atoms with Gasteiger partial charge >= 0.3 is 11.9 Å². The summed E-state index contributed by atoms with van der Waals surface area (Å²) < 4.78 is 8.89. The van der Waals surface area contributed by atoms with Crippen molar-refractivity contribution < 1.29 is 95.8 Å². The van der Waals surface area contributed by atoms with Gasteiger partial charge in [0.25, 0.3) is 0 Å². The normalized spacial score (nSPS) is 10.4. The van der Waals surface area contributed by atoms with Crippen LogP contribution in [0.5, 0.6) is 0 Å². The predicted octanol–water partition coefficient (Wildman–Crippen LogP) is 4.13. The molecule has 37 heavy (non-hydrogen) atoms. The largest absolute Gasteiger partial charge is 0.469 e. The molecule has 0 saturated carbocycles. The first-order chi connectivity index (χ1) is 16.3. The van der Waals surface area contributed by atoms with E-state index in [2.05, 4.69) is 31.6 Å². The number of pyridine rings is 2. The maximum Gasteiger partial charge on any atom is 0.344 e. The van der Waals surface area contributed by atoms with Crippen molar-refractivity contribution in [2.24, 2.45) is 0 Å². The second-order valence-corrected chi connectivity index (χ2v) is 7.21. The molecule has 190 valence electrons. The second-order valence-electron chi connectivity index (χ2n) is 7.21. The number of aromatic nitrogens is 2. The van der Waals surface area contributed by atoms with Crippen molar-refractivity contribution in [1.29, 1.82) is 0 Å². The van der Waals surface area contributed by atoms with E-state index in [0.717, 1.165) is 16.4 Å². The third-order valence-electron chi connectivity index (χ3n) is 4.96. The first-order valence-corrected chi connectivity index (χ1v) is 10.2. The van der Waals surface area contributed by atoms with Crippen LogP contribution in [-0.4, -0.2) is 47.0 Å². The molecular weight excluding hydrogens is 626 g/mol. The molecule has 1 atom stereocenters. The number of esters is 2. The predicted molar refractivity (Wildman–Crippen MR) is 133 cm³/mol. The molecule has 0 saturated heterocycles.